The molecule has 0 amide bonds. The second-order valence-corrected chi connectivity index (χ2v) is 4.03. The number of unbranched alkanes of at least 4 members (excludes halogenated alkanes) is 2. The average Bonchev–Trinajstić information content (AvgIpc) is 2.72. The Kier molecular flexibility index (Phi) is 10.8. The third-order valence-electron chi connectivity index (χ3n) is 2.17. The van der Waals surface area contributed by atoms with Crippen LogP contribution in [0, 0.1) is 0 Å². The van der Waals surface area contributed by atoms with E-state index in [2.05, 4.69) is 50.5 Å². The fourth-order valence-corrected chi connectivity index (χ4v) is 1.37. The fourth-order valence-electron chi connectivity index (χ4n) is 1.37. The number of allylic oxidation sites excluding steroid dienone is 2. The van der Waals surface area contributed by atoms with Crippen LogP contribution in [-0.4, -0.2) is 6.04 Å². The van der Waals surface area contributed by atoms with Gasteiger partial charge in [0.05, 0.1) is 0 Å². The molecule has 0 bridgehead atoms. The highest BCUT2D eigenvalue weighted by molar-refractivity contribution is 5.02. The molecule has 1 aliphatic carbocycles. The minimum atomic E-state index is 0.600. The van der Waals surface area contributed by atoms with Crippen molar-refractivity contribution in [3.8, 4) is 0 Å². The average molecular weight is 209 g/mol. The number of hydrogen-bond acceptors (Lipinski definition) is 1. The SMILES string of the molecule is CCC.CCCC/C=C\NC1C=CCC1. The second-order valence-electron chi connectivity index (χ2n) is 4.03. The zero-order valence-corrected chi connectivity index (χ0v) is 10.6. The van der Waals surface area contributed by atoms with Gasteiger partial charge in [0.15, 0.2) is 0 Å². The Morgan fingerprint density at radius 1 is 1.33 bits per heavy atom. The zero-order chi connectivity index (χ0) is 11.4. The molecule has 0 saturated carbocycles. The molecule has 0 heterocycles. The highest BCUT2D eigenvalue weighted by Crippen LogP contribution is 2.08. The van der Waals surface area contributed by atoms with Crippen LogP contribution in [0.3, 0.4) is 0 Å². The Labute approximate surface area is 95.7 Å². The van der Waals surface area contributed by atoms with Gasteiger partial charge in [0.25, 0.3) is 0 Å². The standard InChI is InChI=1S/C11H19N.C3H8/c1-2-3-4-7-10-12-11-8-5-6-9-11;1-3-2/h5,7-8,10-12H,2-4,6,9H2,1H3;3H2,1-2H3/b10-7-;. The molecular weight excluding hydrogens is 182 g/mol. The van der Waals surface area contributed by atoms with Crippen molar-refractivity contribution < 1.29 is 0 Å². The van der Waals surface area contributed by atoms with E-state index < -0.39 is 0 Å². The molecule has 1 heteroatoms. The number of rotatable bonds is 5. The van der Waals surface area contributed by atoms with Crippen LogP contribution in [0.15, 0.2) is 24.4 Å². The van der Waals surface area contributed by atoms with Gasteiger partial charge in [-0.3, -0.25) is 0 Å². The minimum absolute atomic E-state index is 0.600. The first kappa shape index (κ1) is 14.3. The van der Waals surface area contributed by atoms with Gasteiger partial charge in [-0.05, 0) is 25.5 Å². The Bertz CT molecular complexity index is 170. The quantitative estimate of drug-likeness (QED) is 0.522. The van der Waals surface area contributed by atoms with Crippen LogP contribution in [0.1, 0.15) is 59.3 Å². The van der Waals surface area contributed by atoms with Gasteiger partial charge in [-0.1, -0.05) is 58.3 Å². The summed E-state index contributed by atoms with van der Waals surface area (Å²) in [6, 6.07) is 0.600. The Balaban J connectivity index is 0.000000583. The van der Waals surface area contributed by atoms with Crippen molar-refractivity contribution in [2.75, 3.05) is 0 Å². The van der Waals surface area contributed by atoms with E-state index in [1.54, 1.807) is 0 Å². The van der Waals surface area contributed by atoms with Crippen LogP contribution in [0.4, 0.5) is 0 Å². The summed E-state index contributed by atoms with van der Waals surface area (Å²) in [6.45, 7) is 6.47. The maximum Gasteiger partial charge on any atom is 0.0441 e. The lowest BCUT2D eigenvalue weighted by molar-refractivity contribution is 0.676. The summed E-state index contributed by atoms with van der Waals surface area (Å²) in [7, 11) is 0. The van der Waals surface area contributed by atoms with Gasteiger partial charge in [0.1, 0.15) is 0 Å². The second kappa shape index (κ2) is 11.4. The third kappa shape index (κ3) is 9.58. The molecule has 1 aliphatic rings. The van der Waals surface area contributed by atoms with E-state index >= 15 is 0 Å². The van der Waals surface area contributed by atoms with Crippen molar-refractivity contribution in [1.82, 2.24) is 5.32 Å². The van der Waals surface area contributed by atoms with Crippen LogP contribution in [0.25, 0.3) is 0 Å². The molecule has 1 atom stereocenters. The highest BCUT2D eigenvalue weighted by Gasteiger charge is 2.04. The molecule has 0 spiro atoms. The molecule has 15 heavy (non-hydrogen) atoms. The Morgan fingerprint density at radius 3 is 2.60 bits per heavy atom. The van der Waals surface area contributed by atoms with Gasteiger partial charge in [-0.15, -0.1) is 0 Å². The molecule has 1 unspecified atom stereocenters. The Morgan fingerprint density at radius 2 is 2.07 bits per heavy atom. The predicted octanol–water partition coefficient (Wildman–Crippen LogP) is 4.41. The molecule has 0 aliphatic heterocycles. The zero-order valence-electron chi connectivity index (χ0n) is 10.6. The molecule has 1 nitrogen and oxygen atoms in total. The summed E-state index contributed by atoms with van der Waals surface area (Å²) in [5.41, 5.74) is 0. The summed E-state index contributed by atoms with van der Waals surface area (Å²) < 4.78 is 0. The van der Waals surface area contributed by atoms with Crippen molar-refractivity contribution in [1.29, 1.82) is 0 Å². The lowest BCUT2D eigenvalue weighted by atomic mass is 10.2. The summed E-state index contributed by atoms with van der Waals surface area (Å²) in [4.78, 5) is 0. The molecule has 1 rings (SSSR count). The molecular formula is C14H27N. The number of hydrogen-bond donors (Lipinski definition) is 1. The van der Waals surface area contributed by atoms with E-state index in [4.69, 9.17) is 0 Å². The van der Waals surface area contributed by atoms with Crippen LogP contribution in [0.2, 0.25) is 0 Å². The lowest BCUT2D eigenvalue weighted by Crippen LogP contribution is -2.18. The van der Waals surface area contributed by atoms with Gasteiger partial charge in [-0.25, -0.2) is 0 Å². The van der Waals surface area contributed by atoms with Crippen molar-refractivity contribution in [2.24, 2.45) is 0 Å². The molecule has 0 radical (unpaired) electrons. The first-order chi connectivity index (χ1) is 7.35. The minimum Gasteiger partial charge on any atom is -0.385 e. The smallest absolute Gasteiger partial charge is 0.0441 e. The first-order valence-electron chi connectivity index (χ1n) is 6.42. The van der Waals surface area contributed by atoms with Gasteiger partial charge in [0, 0.05) is 6.04 Å². The maximum absolute atomic E-state index is 3.37. The molecule has 0 saturated heterocycles. The van der Waals surface area contributed by atoms with E-state index in [1.807, 2.05) is 0 Å². The topological polar surface area (TPSA) is 12.0 Å². The number of nitrogens with one attached hydrogen (secondary N) is 1. The van der Waals surface area contributed by atoms with Crippen molar-refractivity contribution in [2.45, 2.75) is 65.3 Å². The Hall–Kier alpha value is -0.720. The molecule has 0 fully saturated rings. The van der Waals surface area contributed by atoms with Gasteiger partial charge < -0.3 is 5.32 Å². The summed E-state index contributed by atoms with van der Waals surface area (Å²) >= 11 is 0. The van der Waals surface area contributed by atoms with Gasteiger partial charge in [-0.2, -0.15) is 0 Å². The van der Waals surface area contributed by atoms with E-state index in [0.29, 0.717) is 6.04 Å². The van der Waals surface area contributed by atoms with Crippen molar-refractivity contribution in [3.05, 3.63) is 24.4 Å². The lowest BCUT2D eigenvalue weighted by Gasteiger charge is -2.05. The molecule has 0 aromatic heterocycles. The molecule has 0 aromatic rings. The fraction of sp³-hybridized carbons (Fsp3) is 0.714. The van der Waals surface area contributed by atoms with Gasteiger partial charge >= 0.3 is 0 Å². The van der Waals surface area contributed by atoms with E-state index in [0.717, 1.165) is 0 Å². The molecule has 88 valence electrons. The van der Waals surface area contributed by atoms with Crippen LogP contribution < -0.4 is 5.32 Å². The van der Waals surface area contributed by atoms with Crippen molar-refractivity contribution >= 4 is 0 Å². The highest BCUT2D eigenvalue weighted by atomic mass is 14.9. The monoisotopic (exact) mass is 209 g/mol. The van der Waals surface area contributed by atoms with Crippen LogP contribution in [-0.2, 0) is 0 Å². The maximum atomic E-state index is 3.37. The largest absolute Gasteiger partial charge is 0.385 e. The normalized spacial score (nSPS) is 19.0. The predicted molar refractivity (Wildman–Crippen MR) is 69.9 cm³/mol. The third-order valence-corrected chi connectivity index (χ3v) is 2.17. The van der Waals surface area contributed by atoms with Crippen LogP contribution in [0.5, 0.6) is 0 Å². The van der Waals surface area contributed by atoms with Crippen LogP contribution >= 0.6 is 0 Å². The molecule has 0 aromatic carbocycles. The van der Waals surface area contributed by atoms with E-state index in [-0.39, 0.29) is 0 Å². The summed E-state index contributed by atoms with van der Waals surface area (Å²) in [5, 5.41) is 3.37. The van der Waals surface area contributed by atoms with E-state index in [9.17, 15) is 0 Å². The first-order valence-corrected chi connectivity index (χ1v) is 6.42. The van der Waals surface area contributed by atoms with Crippen molar-refractivity contribution in [3.63, 3.8) is 0 Å². The van der Waals surface area contributed by atoms with E-state index in [1.165, 1.54) is 38.5 Å². The summed E-state index contributed by atoms with van der Waals surface area (Å²) in [6.07, 6.45) is 16.4. The molecule has 1 N–H and O–H groups in total. The van der Waals surface area contributed by atoms with Gasteiger partial charge in [0.2, 0.25) is 0 Å². The summed E-state index contributed by atoms with van der Waals surface area (Å²) in [5.74, 6) is 0.